The predicted octanol–water partition coefficient (Wildman–Crippen LogP) is 3.38. The van der Waals surface area contributed by atoms with Crippen LogP contribution in [0.3, 0.4) is 0 Å². The van der Waals surface area contributed by atoms with Crippen molar-refractivity contribution in [1.29, 1.82) is 0 Å². The van der Waals surface area contributed by atoms with E-state index in [0.717, 1.165) is 34.3 Å². The summed E-state index contributed by atoms with van der Waals surface area (Å²) >= 11 is 1.56. The van der Waals surface area contributed by atoms with Crippen molar-refractivity contribution in [1.82, 2.24) is 10.2 Å². The average Bonchev–Trinajstić information content (AvgIpc) is 3.27. The molecule has 0 amide bonds. The highest BCUT2D eigenvalue weighted by atomic mass is 32.1. The van der Waals surface area contributed by atoms with Gasteiger partial charge in [0.25, 0.3) is 0 Å². The number of ether oxygens (including phenoxy) is 1. The molecule has 4 rings (SSSR count). The number of nitrogens with zero attached hydrogens (tertiary/aromatic N) is 2. The highest BCUT2D eigenvalue weighted by molar-refractivity contribution is 7.12. The standard InChI is InChI=1S/C14H14N2OS/c1-3-12(17-8-11-7-14(11)5-6-14)4-2-10(1)13-16-15-9-18-13/h1-4,9,11H,5-8H2. The lowest BCUT2D eigenvalue weighted by molar-refractivity contribution is 0.290. The maximum absolute atomic E-state index is 5.85. The second-order valence-corrected chi connectivity index (χ2v) is 6.18. The fourth-order valence-corrected chi connectivity index (χ4v) is 3.19. The van der Waals surface area contributed by atoms with Crippen LogP contribution in [0.15, 0.2) is 29.8 Å². The Bertz CT molecular complexity index is 546. The van der Waals surface area contributed by atoms with Crippen molar-refractivity contribution in [3.63, 3.8) is 0 Å². The van der Waals surface area contributed by atoms with Crippen LogP contribution in [-0.4, -0.2) is 16.8 Å². The Morgan fingerprint density at radius 3 is 2.72 bits per heavy atom. The van der Waals surface area contributed by atoms with Gasteiger partial charge in [0.1, 0.15) is 16.3 Å². The molecule has 2 aliphatic rings. The average molecular weight is 258 g/mol. The number of hydrogen-bond acceptors (Lipinski definition) is 4. The zero-order chi connectivity index (χ0) is 12.0. The Hall–Kier alpha value is -1.42. The van der Waals surface area contributed by atoms with Crippen molar-refractivity contribution < 1.29 is 4.74 Å². The van der Waals surface area contributed by atoms with E-state index in [-0.39, 0.29) is 0 Å². The summed E-state index contributed by atoms with van der Waals surface area (Å²) in [5.74, 6) is 1.78. The number of hydrogen-bond donors (Lipinski definition) is 0. The minimum absolute atomic E-state index is 0.729. The van der Waals surface area contributed by atoms with Gasteiger partial charge < -0.3 is 4.74 Å². The van der Waals surface area contributed by atoms with Crippen LogP contribution in [0.25, 0.3) is 10.6 Å². The first kappa shape index (κ1) is 10.5. The van der Waals surface area contributed by atoms with Crippen LogP contribution in [0.1, 0.15) is 19.3 Å². The largest absolute Gasteiger partial charge is 0.493 e. The molecule has 0 aliphatic heterocycles. The third-order valence-corrected chi connectivity index (χ3v) is 4.90. The summed E-state index contributed by atoms with van der Waals surface area (Å²) in [5.41, 5.74) is 3.59. The van der Waals surface area contributed by atoms with Gasteiger partial charge in [-0.3, -0.25) is 0 Å². The molecule has 0 radical (unpaired) electrons. The molecule has 18 heavy (non-hydrogen) atoms. The number of benzene rings is 1. The first-order chi connectivity index (χ1) is 8.86. The zero-order valence-corrected chi connectivity index (χ0v) is 10.8. The lowest BCUT2D eigenvalue weighted by atomic mass is 10.2. The van der Waals surface area contributed by atoms with Crippen LogP contribution >= 0.6 is 11.3 Å². The molecule has 1 spiro atoms. The second kappa shape index (κ2) is 3.79. The van der Waals surface area contributed by atoms with E-state index >= 15 is 0 Å². The van der Waals surface area contributed by atoms with E-state index in [2.05, 4.69) is 22.3 Å². The highest BCUT2D eigenvalue weighted by Crippen LogP contribution is 2.70. The molecule has 1 aromatic heterocycles. The lowest BCUT2D eigenvalue weighted by Crippen LogP contribution is -2.00. The Kier molecular flexibility index (Phi) is 2.21. The van der Waals surface area contributed by atoms with E-state index in [1.54, 1.807) is 16.8 Å². The van der Waals surface area contributed by atoms with Gasteiger partial charge in [-0.1, -0.05) is 11.3 Å². The summed E-state index contributed by atoms with van der Waals surface area (Å²) in [6.45, 7) is 0.887. The van der Waals surface area contributed by atoms with E-state index < -0.39 is 0 Å². The van der Waals surface area contributed by atoms with Gasteiger partial charge in [0.2, 0.25) is 0 Å². The molecule has 3 nitrogen and oxygen atoms in total. The lowest BCUT2D eigenvalue weighted by Gasteiger charge is -2.05. The van der Waals surface area contributed by atoms with Crippen molar-refractivity contribution in [3.05, 3.63) is 29.8 Å². The van der Waals surface area contributed by atoms with E-state index in [0.29, 0.717) is 0 Å². The van der Waals surface area contributed by atoms with Crippen LogP contribution in [0.5, 0.6) is 5.75 Å². The number of aromatic nitrogens is 2. The monoisotopic (exact) mass is 258 g/mol. The Labute approximate surface area is 110 Å². The van der Waals surface area contributed by atoms with Gasteiger partial charge in [0.05, 0.1) is 6.61 Å². The first-order valence-electron chi connectivity index (χ1n) is 6.35. The van der Waals surface area contributed by atoms with Crippen LogP contribution < -0.4 is 4.74 Å². The predicted molar refractivity (Wildman–Crippen MR) is 70.6 cm³/mol. The second-order valence-electron chi connectivity index (χ2n) is 5.34. The highest BCUT2D eigenvalue weighted by Gasteiger charge is 2.62. The summed E-state index contributed by atoms with van der Waals surface area (Å²) in [5, 5.41) is 8.86. The summed E-state index contributed by atoms with van der Waals surface area (Å²) in [6.07, 6.45) is 4.24. The molecular formula is C14H14N2OS. The van der Waals surface area contributed by atoms with Gasteiger partial charge in [-0.15, -0.1) is 10.2 Å². The van der Waals surface area contributed by atoms with Gasteiger partial charge in [0, 0.05) is 5.56 Å². The molecule has 0 N–H and O–H groups in total. The maximum Gasteiger partial charge on any atom is 0.147 e. The molecule has 4 heteroatoms. The van der Waals surface area contributed by atoms with Gasteiger partial charge in [-0.2, -0.15) is 0 Å². The summed E-state index contributed by atoms with van der Waals surface area (Å²) < 4.78 is 5.85. The third kappa shape index (κ3) is 1.81. The van der Waals surface area contributed by atoms with Crippen LogP contribution in [0.2, 0.25) is 0 Å². The van der Waals surface area contributed by atoms with Crippen molar-refractivity contribution in [2.24, 2.45) is 11.3 Å². The topological polar surface area (TPSA) is 35.0 Å². The smallest absolute Gasteiger partial charge is 0.147 e. The molecule has 1 atom stereocenters. The molecule has 0 bridgehead atoms. The molecule has 1 aromatic carbocycles. The van der Waals surface area contributed by atoms with Crippen LogP contribution in [0, 0.1) is 11.3 Å². The van der Waals surface area contributed by atoms with Crippen molar-refractivity contribution in [3.8, 4) is 16.3 Å². The molecule has 1 unspecified atom stereocenters. The Morgan fingerprint density at radius 2 is 2.11 bits per heavy atom. The molecule has 2 fully saturated rings. The van der Waals surface area contributed by atoms with Gasteiger partial charge in [0.15, 0.2) is 0 Å². The molecular weight excluding hydrogens is 244 g/mol. The van der Waals surface area contributed by atoms with E-state index in [4.69, 9.17) is 4.74 Å². The van der Waals surface area contributed by atoms with E-state index in [1.807, 2.05) is 12.1 Å². The zero-order valence-electron chi connectivity index (χ0n) is 10.0. The van der Waals surface area contributed by atoms with Crippen LogP contribution in [0.4, 0.5) is 0 Å². The third-order valence-electron chi connectivity index (χ3n) is 4.16. The maximum atomic E-state index is 5.85. The van der Waals surface area contributed by atoms with E-state index in [9.17, 15) is 0 Å². The Balaban J connectivity index is 1.40. The summed E-state index contributed by atoms with van der Waals surface area (Å²) in [6, 6.07) is 8.16. The van der Waals surface area contributed by atoms with Crippen molar-refractivity contribution in [2.45, 2.75) is 19.3 Å². The normalized spacial score (nSPS) is 23.0. The quantitative estimate of drug-likeness (QED) is 0.843. The van der Waals surface area contributed by atoms with Gasteiger partial charge in [-0.25, -0.2) is 0 Å². The molecule has 2 aromatic rings. The van der Waals surface area contributed by atoms with Crippen molar-refractivity contribution >= 4 is 11.3 Å². The van der Waals surface area contributed by atoms with Crippen molar-refractivity contribution in [2.75, 3.05) is 6.61 Å². The van der Waals surface area contributed by atoms with E-state index in [1.165, 1.54) is 19.3 Å². The molecule has 2 saturated carbocycles. The van der Waals surface area contributed by atoms with Gasteiger partial charge >= 0.3 is 0 Å². The number of rotatable bonds is 4. The fraction of sp³-hybridized carbons (Fsp3) is 0.429. The van der Waals surface area contributed by atoms with Gasteiger partial charge in [-0.05, 0) is 54.9 Å². The minimum Gasteiger partial charge on any atom is -0.493 e. The summed E-state index contributed by atoms with van der Waals surface area (Å²) in [4.78, 5) is 0. The molecule has 1 heterocycles. The molecule has 2 aliphatic carbocycles. The minimum atomic E-state index is 0.729. The Morgan fingerprint density at radius 1 is 1.28 bits per heavy atom. The molecule has 92 valence electrons. The fourth-order valence-electron chi connectivity index (χ4n) is 2.63. The molecule has 0 saturated heterocycles. The summed E-state index contributed by atoms with van der Waals surface area (Å²) in [7, 11) is 0. The SMILES string of the molecule is c1nnc(-c2ccc(OCC3CC34CC4)cc2)s1. The first-order valence-corrected chi connectivity index (χ1v) is 7.23. The van der Waals surface area contributed by atoms with Crippen LogP contribution in [-0.2, 0) is 0 Å².